The van der Waals surface area contributed by atoms with Gasteiger partial charge in [-0.15, -0.1) is 0 Å². The van der Waals surface area contributed by atoms with E-state index >= 15 is 0 Å². The molecule has 0 aromatic rings. The molecule has 1 aliphatic heterocycles. The van der Waals surface area contributed by atoms with Gasteiger partial charge in [0.15, 0.2) is 0 Å². The SMILES string of the molecule is C=C/C=C\C(=C)C(=O)N(OCCOCCOCCN)C1CCC(=O)NC1=O. The lowest BCUT2D eigenvalue weighted by atomic mass is 10.1. The van der Waals surface area contributed by atoms with Crippen LogP contribution < -0.4 is 11.1 Å². The van der Waals surface area contributed by atoms with E-state index in [0.717, 1.165) is 5.06 Å². The maximum Gasteiger partial charge on any atom is 0.277 e. The lowest BCUT2D eigenvalue weighted by Gasteiger charge is -2.31. The molecule has 1 saturated heterocycles. The Hall–Kier alpha value is -2.33. The van der Waals surface area contributed by atoms with Crippen molar-refractivity contribution in [3.05, 3.63) is 37.0 Å². The van der Waals surface area contributed by atoms with Crippen molar-refractivity contribution in [3.8, 4) is 0 Å². The summed E-state index contributed by atoms with van der Waals surface area (Å²) in [6, 6.07) is -0.919. The fourth-order valence-corrected chi connectivity index (χ4v) is 2.19. The minimum absolute atomic E-state index is 0.0405. The van der Waals surface area contributed by atoms with E-state index in [4.69, 9.17) is 20.0 Å². The van der Waals surface area contributed by atoms with Crippen LogP contribution in [-0.4, -0.2) is 68.4 Å². The summed E-state index contributed by atoms with van der Waals surface area (Å²) in [4.78, 5) is 41.5. The summed E-state index contributed by atoms with van der Waals surface area (Å²) in [5, 5.41) is 3.15. The Balaban J connectivity index is 2.60. The molecule has 9 nitrogen and oxygen atoms in total. The summed E-state index contributed by atoms with van der Waals surface area (Å²) in [5.41, 5.74) is 5.42. The van der Waals surface area contributed by atoms with Crippen molar-refractivity contribution in [2.24, 2.45) is 5.73 Å². The van der Waals surface area contributed by atoms with Crippen molar-refractivity contribution in [1.29, 1.82) is 0 Å². The Morgan fingerprint density at radius 3 is 2.52 bits per heavy atom. The van der Waals surface area contributed by atoms with E-state index in [1.807, 2.05) is 0 Å². The average molecular weight is 381 g/mol. The third-order valence-corrected chi connectivity index (χ3v) is 3.49. The largest absolute Gasteiger partial charge is 0.378 e. The zero-order valence-corrected chi connectivity index (χ0v) is 15.4. The minimum Gasteiger partial charge on any atom is -0.378 e. The minimum atomic E-state index is -0.919. The van der Waals surface area contributed by atoms with Crippen LogP contribution in [-0.2, 0) is 28.7 Å². The number of allylic oxidation sites excluding steroid dienone is 2. The molecule has 1 fully saturated rings. The highest BCUT2D eigenvalue weighted by molar-refractivity contribution is 6.03. The monoisotopic (exact) mass is 381 g/mol. The summed E-state index contributed by atoms with van der Waals surface area (Å²) in [6.45, 7) is 9.08. The van der Waals surface area contributed by atoms with Gasteiger partial charge in [0.1, 0.15) is 6.04 Å². The molecule has 1 rings (SSSR count). The summed E-state index contributed by atoms with van der Waals surface area (Å²) < 4.78 is 10.5. The number of rotatable bonds is 13. The van der Waals surface area contributed by atoms with Crippen molar-refractivity contribution >= 4 is 17.7 Å². The highest BCUT2D eigenvalue weighted by atomic mass is 16.7. The van der Waals surface area contributed by atoms with Gasteiger partial charge in [-0.1, -0.05) is 25.3 Å². The Bertz CT molecular complexity index is 575. The molecule has 0 radical (unpaired) electrons. The number of piperidine rings is 1. The van der Waals surface area contributed by atoms with Gasteiger partial charge in [-0.3, -0.25) is 24.5 Å². The summed E-state index contributed by atoms with van der Waals surface area (Å²) in [5.74, 6) is -1.54. The van der Waals surface area contributed by atoms with Crippen LogP contribution >= 0.6 is 0 Å². The smallest absolute Gasteiger partial charge is 0.277 e. The Morgan fingerprint density at radius 2 is 1.89 bits per heavy atom. The predicted molar refractivity (Wildman–Crippen MR) is 98.1 cm³/mol. The van der Waals surface area contributed by atoms with Crippen LogP contribution in [0.2, 0.25) is 0 Å². The maximum atomic E-state index is 12.6. The molecule has 0 aromatic carbocycles. The molecule has 27 heavy (non-hydrogen) atoms. The summed E-state index contributed by atoms with van der Waals surface area (Å²) in [7, 11) is 0. The second-order valence-electron chi connectivity index (χ2n) is 5.56. The molecule has 0 spiro atoms. The summed E-state index contributed by atoms with van der Waals surface area (Å²) in [6.07, 6.45) is 4.79. The number of amides is 3. The highest BCUT2D eigenvalue weighted by Gasteiger charge is 2.36. The van der Waals surface area contributed by atoms with Crippen LogP contribution in [0.25, 0.3) is 0 Å². The van der Waals surface area contributed by atoms with E-state index in [2.05, 4.69) is 18.5 Å². The van der Waals surface area contributed by atoms with Crippen LogP contribution in [0.4, 0.5) is 0 Å². The number of imide groups is 1. The first-order valence-corrected chi connectivity index (χ1v) is 8.65. The number of hydrogen-bond acceptors (Lipinski definition) is 7. The van der Waals surface area contributed by atoms with Crippen molar-refractivity contribution in [1.82, 2.24) is 10.4 Å². The molecule has 0 bridgehead atoms. The van der Waals surface area contributed by atoms with Crippen LogP contribution in [0.1, 0.15) is 12.8 Å². The first-order valence-electron chi connectivity index (χ1n) is 8.65. The zero-order chi connectivity index (χ0) is 20.1. The molecule has 1 unspecified atom stereocenters. The number of nitrogens with zero attached hydrogens (tertiary/aromatic N) is 1. The molecule has 3 N–H and O–H groups in total. The quantitative estimate of drug-likeness (QED) is 0.150. The van der Waals surface area contributed by atoms with E-state index in [-0.39, 0.29) is 37.5 Å². The molecule has 150 valence electrons. The van der Waals surface area contributed by atoms with Gasteiger partial charge in [0, 0.05) is 18.5 Å². The molecular formula is C18H27N3O6. The van der Waals surface area contributed by atoms with Crippen molar-refractivity contribution in [2.75, 3.05) is 39.6 Å². The molecule has 3 amide bonds. The van der Waals surface area contributed by atoms with Gasteiger partial charge in [-0.25, -0.2) is 5.06 Å². The van der Waals surface area contributed by atoms with Gasteiger partial charge in [0.25, 0.3) is 11.8 Å². The van der Waals surface area contributed by atoms with Crippen LogP contribution in [0, 0.1) is 0 Å². The molecule has 0 aliphatic carbocycles. The second-order valence-corrected chi connectivity index (χ2v) is 5.56. The maximum absolute atomic E-state index is 12.6. The summed E-state index contributed by atoms with van der Waals surface area (Å²) >= 11 is 0. The number of hydrogen-bond donors (Lipinski definition) is 2. The van der Waals surface area contributed by atoms with Gasteiger partial charge in [0.2, 0.25) is 5.91 Å². The van der Waals surface area contributed by atoms with Gasteiger partial charge in [-0.05, 0) is 12.5 Å². The fourth-order valence-electron chi connectivity index (χ4n) is 2.19. The Morgan fingerprint density at radius 1 is 1.22 bits per heavy atom. The van der Waals surface area contributed by atoms with E-state index < -0.39 is 17.9 Å². The molecule has 1 aliphatic rings. The van der Waals surface area contributed by atoms with Crippen LogP contribution in [0.5, 0.6) is 0 Å². The Kier molecular flexibility index (Phi) is 10.9. The number of nitrogens with two attached hydrogens (primary N) is 1. The number of ether oxygens (including phenoxy) is 2. The van der Waals surface area contributed by atoms with Crippen molar-refractivity contribution in [3.63, 3.8) is 0 Å². The molecule has 9 heteroatoms. The number of carbonyl (C=O) groups excluding carboxylic acids is 3. The number of hydroxylamine groups is 2. The van der Waals surface area contributed by atoms with Crippen LogP contribution in [0.3, 0.4) is 0 Å². The third kappa shape index (κ3) is 8.27. The highest BCUT2D eigenvalue weighted by Crippen LogP contribution is 2.16. The van der Waals surface area contributed by atoms with Gasteiger partial charge < -0.3 is 15.2 Å². The average Bonchev–Trinajstić information content (AvgIpc) is 2.65. The van der Waals surface area contributed by atoms with Crippen LogP contribution in [0.15, 0.2) is 37.0 Å². The topological polar surface area (TPSA) is 120 Å². The second kappa shape index (κ2) is 12.9. The fraction of sp³-hybridized carbons (Fsp3) is 0.500. The lowest BCUT2D eigenvalue weighted by molar-refractivity contribution is -0.204. The first-order chi connectivity index (χ1) is 13.0. The standard InChI is InChI=1S/C18H27N3O6/c1-3-4-5-14(2)18(24)21(15-6-7-16(22)20-17(15)23)27-13-12-26-11-10-25-9-8-19/h3-5,15H,1-2,6-13,19H2,(H,20,22,23)/b5-4-. The van der Waals surface area contributed by atoms with Gasteiger partial charge in [-0.2, -0.15) is 0 Å². The van der Waals surface area contributed by atoms with E-state index in [1.165, 1.54) is 12.2 Å². The predicted octanol–water partition coefficient (Wildman–Crippen LogP) is -0.158. The lowest BCUT2D eigenvalue weighted by Crippen LogP contribution is -2.54. The number of nitrogens with one attached hydrogen (secondary N) is 1. The van der Waals surface area contributed by atoms with Crippen molar-refractivity contribution < 1.29 is 28.7 Å². The van der Waals surface area contributed by atoms with E-state index in [9.17, 15) is 14.4 Å². The van der Waals surface area contributed by atoms with Gasteiger partial charge >= 0.3 is 0 Å². The zero-order valence-electron chi connectivity index (χ0n) is 15.4. The van der Waals surface area contributed by atoms with E-state index in [0.29, 0.717) is 26.4 Å². The number of carbonyl (C=O) groups is 3. The van der Waals surface area contributed by atoms with E-state index in [1.54, 1.807) is 6.08 Å². The Labute approximate surface area is 158 Å². The third-order valence-electron chi connectivity index (χ3n) is 3.49. The molecule has 0 aromatic heterocycles. The molecule has 1 heterocycles. The normalized spacial score (nSPS) is 17.0. The van der Waals surface area contributed by atoms with Gasteiger partial charge in [0.05, 0.1) is 33.0 Å². The molecular weight excluding hydrogens is 354 g/mol. The first kappa shape index (κ1) is 22.7. The van der Waals surface area contributed by atoms with Crippen molar-refractivity contribution in [2.45, 2.75) is 18.9 Å². The molecule has 0 saturated carbocycles. The molecule has 1 atom stereocenters.